The fourth-order valence-electron chi connectivity index (χ4n) is 2.55. The molecule has 2 N–H and O–H groups in total. The van der Waals surface area contributed by atoms with Gasteiger partial charge >= 0.3 is 5.69 Å². The van der Waals surface area contributed by atoms with Gasteiger partial charge in [0.1, 0.15) is 12.4 Å². The van der Waals surface area contributed by atoms with Crippen molar-refractivity contribution in [2.45, 2.75) is 26.4 Å². The van der Waals surface area contributed by atoms with E-state index >= 15 is 0 Å². The molecule has 2 heterocycles. The molecule has 0 saturated carbocycles. The topological polar surface area (TPSA) is 137 Å². The van der Waals surface area contributed by atoms with Crippen molar-refractivity contribution in [1.29, 1.82) is 0 Å². The summed E-state index contributed by atoms with van der Waals surface area (Å²) in [5, 5.41) is 24.1. The van der Waals surface area contributed by atoms with Crippen molar-refractivity contribution >= 4 is 28.9 Å². The van der Waals surface area contributed by atoms with Crippen molar-refractivity contribution in [2.75, 3.05) is 10.6 Å². The van der Waals surface area contributed by atoms with Crippen LogP contribution < -0.4 is 10.6 Å². The molecule has 0 unspecified atom stereocenters. The van der Waals surface area contributed by atoms with Crippen molar-refractivity contribution in [3.05, 3.63) is 64.7 Å². The number of nitrogens with zero attached hydrogens (tertiary/aromatic N) is 5. The standard InChI is InChI=1S/C18H19N7O4/c1-2-23-12-15(17(22-23)18(27)20-13-6-4-3-5-7-13)21-16(26)8-9-24-11-14(10-19-24)25(28)29/h3-7,10-12H,2,8-9H2,1H3,(H,20,27)(H,21,26). The van der Waals surface area contributed by atoms with Crippen LogP contribution in [-0.4, -0.2) is 36.3 Å². The number of aryl methyl sites for hydroxylation is 2. The summed E-state index contributed by atoms with van der Waals surface area (Å²) in [6, 6.07) is 8.92. The van der Waals surface area contributed by atoms with Crippen molar-refractivity contribution < 1.29 is 14.5 Å². The number of benzene rings is 1. The third-order valence-corrected chi connectivity index (χ3v) is 4.00. The monoisotopic (exact) mass is 397 g/mol. The molecule has 3 aromatic rings. The van der Waals surface area contributed by atoms with Crippen LogP contribution >= 0.6 is 0 Å². The van der Waals surface area contributed by atoms with Gasteiger partial charge < -0.3 is 10.6 Å². The Morgan fingerprint density at radius 3 is 2.55 bits per heavy atom. The lowest BCUT2D eigenvalue weighted by Crippen LogP contribution is -2.19. The van der Waals surface area contributed by atoms with Gasteiger partial charge in [0.05, 0.1) is 10.6 Å². The molecule has 0 bridgehead atoms. The van der Waals surface area contributed by atoms with Crippen LogP contribution in [0.1, 0.15) is 23.8 Å². The van der Waals surface area contributed by atoms with Crippen LogP contribution in [0.2, 0.25) is 0 Å². The quantitative estimate of drug-likeness (QED) is 0.442. The number of hydrogen-bond acceptors (Lipinski definition) is 6. The predicted octanol–water partition coefficient (Wildman–Crippen LogP) is 2.29. The summed E-state index contributed by atoms with van der Waals surface area (Å²) >= 11 is 0. The van der Waals surface area contributed by atoms with Crippen molar-refractivity contribution in [3.8, 4) is 0 Å². The third kappa shape index (κ3) is 5.03. The van der Waals surface area contributed by atoms with Crippen LogP contribution in [0.4, 0.5) is 17.1 Å². The van der Waals surface area contributed by atoms with Gasteiger partial charge in [0, 0.05) is 31.4 Å². The number of rotatable bonds is 8. The Morgan fingerprint density at radius 1 is 1.14 bits per heavy atom. The smallest absolute Gasteiger partial charge is 0.306 e. The summed E-state index contributed by atoms with van der Waals surface area (Å²) in [6.45, 7) is 2.55. The van der Waals surface area contributed by atoms with E-state index < -0.39 is 10.8 Å². The summed E-state index contributed by atoms with van der Waals surface area (Å²) in [7, 11) is 0. The second-order valence-corrected chi connectivity index (χ2v) is 6.08. The molecule has 0 fully saturated rings. The molecule has 0 aliphatic rings. The molecule has 3 rings (SSSR count). The summed E-state index contributed by atoms with van der Waals surface area (Å²) in [4.78, 5) is 35.0. The van der Waals surface area contributed by atoms with E-state index in [4.69, 9.17) is 0 Å². The highest BCUT2D eigenvalue weighted by Crippen LogP contribution is 2.17. The molecule has 0 saturated heterocycles. The zero-order valence-electron chi connectivity index (χ0n) is 15.6. The minimum atomic E-state index is -0.555. The van der Waals surface area contributed by atoms with E-state index in [1.165, 1.54) is 10.9 Å². The maximum Gasteiger partial charge on any atom is 0.306 e. The van der Waals surface area contributed by atoms with E-state index in [2.05, 4.69) is 20.8 Å². The Morgan fingerprint density at radius 2 is 1.90 bits per heavy atom. The zero-order chi connectivity index (χ0) is 20.8. The first-order valence-electron chi connectivity index (χ1n) is 8.87. The van der Waals surface area contributed by atoms with E-state index in [1.54, 1.807) is 35.1 Å². The average molecular weight is 397 g/mol. The summed E-state index contributed by atoms with van der Waals surface area (Å²) in [5.41, 5.74) is 0.853. The second-order valence-electron chi connectivity index (χ2n) is 6.08. The Labute approximate surface area is 165 Å². The zero-order valence-corrected chi connectivity index (χ0v) is 15.6. The number of para-hydroxylation sites is 1. The third-order valence-electron chi connectivity index (χ3n) is 4.00. The predicted molar refractivity (Wildman–Crippen MR) is 104 cm³/mol. The number of amides is 2. The number of carbonyl (C=O) groups excluding carboxylic acids is 2. The maximum absolute atomic E-state index is 12.6. The molecule has 0 aliphatic carbocycles. The molecule has 0 spiro atoms. The number of nitrogens with one attached hydrogen (secondary N) is 2. The normalized spacial score (nSPS) is 10.5. The maximum atomic E-state index is 12.6. The lowest BCUT2D eigenvalue weighted by Gasteiger charge is -2.06. The van der Waals surface area contributed by atoms with Crippen LogP contribution in [0.25, 0.3) is 0 Å². The fourth-order valence-corrected chi connectivity index (χ4v) is 2.55. The molecule has 150 valence electrons. The molecular weight excluding hydrogens is 378 g/mol. The van der Waals surface area contributed by atoms with Gasteiger partial charge in [-0.3, -0.25) is 29.1 Å². The summed E-state index contributed by atoms with van der Waals surface area (Å²) in [5.74, 6) is -0.811. The van der Waals surface area contributed by atoms with Crippen LogP contribution in [0.3, 0.4) is 0 Å². The average Bonchev–Trinajstić information content (AvgIpc) is 3.34. The fraction of sp³-hybridized carbons (Fsp3) is 0.222. The van der Waals surface area contributed by atoms with Gasteiger partial charge in [-0.15, -0.1) is 0 Å². The Balaban J connectivity index is 1.66. The first-order valence-corrected chi connectivity index (χ1v) is 8.87. The molecule has 29 heavy (non-hydrogen) atoms. The minimum Gasteiger partial charge on any atom is -0.323 e. The Hall–Kier alpha value is -4.02. The van der Waals surface area contributed by atoms with Gasteiger partial charge in [-0.25, -0.2) is 0 Å². The van der Waals surface area contributed by atoms with Gasteiger partial charge in [-0.1, -0.05) is 18.2 Å². The number of anilines is 2. The largest absolute Gasteiger partial charge is 0.323 e. The van der Waals surface area contributed by atoms with Gasteiger partial charge in [0.2, 0.25) is 5.91 Å². The van der Waals surface area contributed by atoms with Crippen molar-refractivity contribution in [3.63, 3.8) is 0 Å². The molecule has 0 atom stereocenters. The number of carbonyl (C=O) groups is 2. The number of hydrogen-bond donors (Lipinski definition) is 2. The highest BCUT2D eigenvalue weighted by Gasteiger charge is 2.19. The van der Waals surface area contributed by atoms with Crippen LogP contribution in [0.15, 0.2) is 48.9 Å². The summed E-state index contributed by atoms with van der Waals surface area (Å²) in [6.07, 6.45) is 3.97. The Bertz CT molecular complexity index is 1030. The first-order chi connectivity index (χ1) is 14.0. The van der Waals surface area contributed by atoms with Gasteiger partial charge in [-0.2, -0.15) is 10.2 Å². The lowest BCUT2D eigenvalue weighted by molar-refractivity contribution is -0.385. The molecule has 11 heteroatoms. The second kappa shape index (κ2) is 8.78. The number of nitro groups is 1. The molecule has 11 nitrogen and oxygen atoms in total. The minimum absolute atomic E-state index is 0.0237. The molecule has 1 aromatic carbocycles. The Kier molecular flexibility index (Phi) is 5.97. The highest BCUT2D eigenvalue weighted by molar-refractivity contribution is 6.08. The highest BCUT2D eigenvalue weighted by atomic mass is 16.6. The molecule has 0 radical (unpaired) electrons. The van der Waals surface area contributed by atoms with Gasteiger partial charge in [-0.05, 0) is 19.1 Å². The van der Waals surface area contributed by atoms with E-state index in [1.807, 2.05) is 13.0 Å². The number of aromatic nitrogens is 4. The molecule has 2 amide bonds. The van der Waals surface area contributed by atoms with Gasteiger partial charge in [0.15, 0.2) is 5.69 Å². The lowest BCUT2D eigenvalue weighted by atomic mass is 10.3. The van der Waals surface area contributed by atoms with Crippen LogP contribution in [0, 0.1) is 10.1 Å². The van der Waals surface area contributed by atoms with E-state index in [0.717, 1.165) is 6.20 Å². The van der Waals surface area contributed by atoms with Gasteiger partial charge in [0.25, 0.3) is 5.91 Å². The van der Waals surface area contributed by atoms with E-state index in [0.29, 0.717) is 12.2 Å². The van der Waals surface area contributed by atoms with E-state index in [-0.39, 0.29) is 35.9 Å². The first kappa shape index (κ1) is 19.7. The van der Waals surface area contributed by atoms with Crippen molar-refractivity contribution in [1.82, 2.24) is 19.6 Å². The molecule has 2 aromatic heterocycles. The molecule has 0 aliphatic heterocycles. The van der Waals surface area contributed by atoms with Crippen LogP contribution in [-0.2, 0) is 17.9 Å². The molecular formula is C18H19N7O4. The summed E-state index contributed by atoms with van der Waals surface area (Å²) < 4.78 is 2.86. The SMILES string of the molecule is CCn1cc(NC(=O)CCn2cc([N+](=O)[O-])cn2)c(C(=O)Nc2ccccc2)n1. The van der Waals surface area contributed by atoms with E-state index in [9.17, 15) is 19.7 Å². The van der Waals surface area contributed by atoms with Crippen LogP contribution in [0.5, 0.6) is 0 Å². The van der Waals surface area contributed by atoms with Crippen molar-refractivity contribution in [2.24, 2.45) is 0 Å².